The summed E-state index contributed by atoms with van der Waals surface area (Å²) in [5.74, 6) is -0.711. The number of nitrogens with one attached hydrogen (secondary N) is 1. The van der Waals surface area contributed by atoms with E-state index in [-0.39, 0.29) is 12.5 Å². The highest BCUT2D eigenvalue weighted by Gasteiger charge is 2.10. The normalized spacial score (nSPS) is 12.8. The molecule has 0 aliphatic rings. The maximum absolute atomic E-state index is 10.4. The van der Waals surface area contributed by atoms with Gasteiger partial charge < -0.3 is 10.4 Å². The fraction of sp³-hybridized carbons (Fsp3) is 0.889. The standard InChI is InChI=1S/C9H19NO2/c1-3-5-6-8(10-4-2)7-9(11)12/h8,10H,3-7H2,1-2H3,(H,11,12). The third kappa shape index (κ3) is 6.16. The Balaban J connectivity index is 3.61. The Morgan fingerprint density at radius 3 is 2.58 bits per heavy atom. The van der Waals surface area contributed by atoms with Gasteiger partial charge in [0.05, 0.1) is 6.42 Å². The molecule has 0 fully saturated rings. The lowest BCUT2D eigenvalue weighted by Crippen LogP contribution is -2.31. The zero-order valence-corrected chi connectivity index (χ0v) is 7.97. The van der Waals surface area contributed by atoms with Crippen molar-refractivity contribution in [3.8, 4) is 0 Å². The third-order valence-electron chi connectivity index (χ3n) is 1.82. The highest BCUT2D eigenvalue weighted by molar-refractivity contribution is 5.67. The van der Waals surface area contributed by atoms with Crippen molar-refractivity contribution in [3.63, 3.8) is 0 Å². The van der Waals surface area contributed by atoms with E-state index in [2.05, 4.69) is 12.2 Å². The molecule has 0 aliphatic carbocycles. The highest BCUT2D eigenvalue weighted by Crippen LogP contribution is 2.04. The van der Waals surface area contributed by atoms with Gasteiger partial charge in [-0.25, -0.2) is 0 Å². The van der Waals surface area contributed by atoms with Crippen LogP contribution >= 0.6 is 0 Å². The second-order valence-corrected chi connectivity index (χ2v) is 2.99. The lowest BCUT2D eigenvalue weighted by atomic mass is 10.1. The highest BCUT2D eigenvalue weighted by atomic mass is 16.4. The lowest BCUT2D eigenvalue weighted by Gasteiger charge is -2.14. The monoisotopic (exact) mass is 173 g/mol. The van der Waals surface area contributed by atoms with Crippen LogP contribution in [0.4, 0.5) is 0 Å². The molecule has 3 nitrogen and oxygen atoms in total. The van der Waals surface area contributed by atoms with Crippen molar-refractivity contribution in [1.29, 1.82) is 0 Å². The Morgan fingerprint density at radius 2 is 2.17 bits per heavy atom. The molecule has 0 saturated heterocycles. The minimum atomic E-state index is -0.711. The van der Waals surface area contributed by atoms with Crippen LogP contribution in [-0.4, -0.2) is 23.7 Å². The Hall–Kier alpha value is -0.570. The van der Waals surface area contributed by atoms with E-state index in [9.17, 15) is 4.79 Å². The minimum Gasteiger partial charge on any atom is -0.481 e. The van der Waals surface area contributed by atoms with Crippen molar-refractivity contribution in [2.45, 2.75) is 45.6 Å². The van der Waals surface area contributed by atoms with E-state index in [0.29, 0.717) is 0 Å². The molecule has 0 bridgehead atoms. The third-order valence-corrected chi connectivity index (χ3v) is 1.82. The van der Waals surface area contributed by atoms with Crippen LogP contribution in [0.15, 0.2) is 0 Å². The molecule has 0 saturated carbocycles. The van der Waals surface area contributed by atoms with Gasteiger partial charge in [0.1, 0.15) is 0 Å². The van der Waals surface area contributed by atoms with Crippen LogP contribution in [0.25, 0.3) is 0 Å². The summed E-state index contributed by atoms with van der Waals surface area (Å²) in [4.78, 5) is 10.4. The molecule has 0 radical (unpaired) electrons. The van der Waals surface area contributed by atoms with E-state index in [1.165, 1.54) is 0 Å². The summed E-state index contributed by atoms with van der Waals surface area (Å²) in [5, 5.41) is 11.7. The molecule has 0 rings (SSSR count). The van der Waals surface area contributed by atoms with Crippen molar-refractivity contribution < 1.29 is 9.90 Å². The van der Waals surface area contributed by atoms with Gasteiger partial charge in [-0.15, -0.1) is 0 Å². The Kier molecular flexibility index (Phi) is 6.76. The first-order valence-electron chi connectivity index (χ1n) is 4.65. The molecule has 0 aliphatic heterocycles. The predicted molar refractivity (Wildman–Crippen MR) is 49.2 cm³/mol. The summed E-state index contributed by atoms with van der Waals surface area (Å²) in [6.45, 7) is 4.96. The van der Waals surface area contributed by atoms with Crippen LogP contribution in [0.5, 0.6) is 0 Å². The van der Waals surface area contributed by atoms with E-state index in [4.69, 9.17) is 5.11 Å². The number of carboxylic acids is 1. The Bertz CT molecular complexity index is 126. The summed E-state index contributed by atoms with van der Waals surface area (Å²) in [6, 6.07) is 0.160. The largest absolute Gasteiger partial charge is 0.481 e. The van der Waals surface area contributed by atoms with Gasteiger partial charge in [-0.05, 0) is 13.0 Å². The van der Waals surface area contributed by atoms with Crippen LogP contribution < -0.4 is 5.32 Å². The van der Waals surface area contributed by atoms with E-state index in [0.717, 1.165) is 25.8 Å². The van der Waals surface area contributed by atoms with Crippen molar-refractivity contribution >= 4 is 5.97 Å². The first-order valence-corrected chi connectivity index (χ1v) is 4.65. The molecule has 0 aromatic carbocycles. The molecule has 1 unspecified atom stereocenters. The number of hydrogen-bond donors (Lipinski definition) is 2. The van der Waals surface area contributed by atoms with Crippen LogP contribution in [0.3, 0.4) is 0 Å². The number of aliphatic carboxylic acids is 1. The smallest absolute Gasteiger partial charge is 0.304 e. The SMILES string of the molecule is CCCCC(CC(=O)O)NCC. The van der Waals surface area contributed by atoms with E-state index >= 15 is 0 Å². The second kappa shape index (κ2) is 7.10. The van der Waals surface area contributed by atoms with Gasteiger partial charge in [0, 0.05) is 6.04 Å². The number of carboxylic acid groups (broad SMARTS) is 1. The van der Waals surface area contributed by atoms with E-state index < -0.39 is 5.97 Å². The lowest BCUT2D eigenvalue weighted by molar-refractivity contribution is -0.137. The average molecular weight is 173 g/mol. The van der Waals surface area contributed by atoms with Crippen molar-refractivity contribution in [2.75, 3.05) is 6.54 Å². The molecule has 0 heterocycles. The maximum Gasteiger partial charge on any atom is 0.304 e. The fourth-order valence-electron chi connectivity index (χ4n) is 1.23. The molecule has 0 spiro atoms. The number of carbonyl (C=O) groups is 1. The zero-order valence-electron chi connectivity index (χ0n) is 7.97. The molecule has 0 aromatic rings. The summed E-state index contributed by atoms with van der Waals surface area (Å²) in [7, 11) is 0. The number of unbranched alkanes of at least 4 members (excludes halogenated alkanes) is 1. The molecule has 1 atom stereocenters. The second-order valence-electron chi connectivity index (χ2n) is 2.99. The van der Waals surface area contributed by atoms with Gasteiger partial charge in [-0.2, -0.15) is 0 Å². The van der Waals surface area contributed by atoms with Crippen molar-refractivity contribution in [3.05, 3.63) is 0 Å². The van der Waals surface area contributed by atoms with Crippen LogP contribution in [0.1, 0.15) is 39.5 Å². The van der Waals surface area contributed by atoms with Gasteiger partial charge in [0.15, 0.2) is 0 Å². The average Bonchev–Trinajstić information content (AvgIpc) is 2.00. The van der Waals surface area contributed by atoms with Gasteiger partial charge in [0.25, 0.3) is 0 Å². The molecule has 12 heavy (non-hydrogen) atoms. The maximum atomic E-state index is 10.4. The topological polar surface area (TPSA) is 49.3 Å². The van der Waals surface area contributed by atoms with Crippen LogP contribution in [0, 0.1) is 0 Å². The first kappa shape index (κ1) is 11.4. The van der Waals surface area contributed by atoms with Crippen molar-refractivity contribution in [2.24, 2.45) is 0 Å². The van der Waals surface area contributed by atoms with Gasteiger partial charge in [-0.1, -0.05) is 26.7 Å². The molecule has 0 amide bonds. The Labute approximate surface area is 74.2 Å². The quantitative estimate of drug-likeness (QED) is 0.615. The number of rotatable bonds is 7. The van der Waals surface area contributed by atoms with Gasteiger partial charge in [0.2, 0.25) is 0 Å². The summed E-state index contributed by atoms with van der Waals surface area (Å²) < 4.78 is 0. The van der Waals surface area contributed by atoms with E-state index in [1.807, 2.05) is 6.92 Å². The molecule has 72 valence electrons. The molecular weight excluding hydrogens is 154 g/mol. The number of hydrogen-bond acceptors (Lipinski definition) is 2. The van der Waals surface area contributed by atoms with Crippen LogP contribution in [0.2, 0.25) is 0 Å². The fourth-order valence-corrected chi connectivity index (χ4v) is 1.23. The van der Waals surface area contributed by atoms with Crippen molar-refractivity contribution in [1.82, 2.24) is 5.32 Å². The van der Waals surface area contributed by atoms with E-state index in [1.54, 1.807) is 0 Å². The Morgan fingerprint density at radius 1 is 1.50 bits per heavy atom. The van der Waals surface area contributed by atoms with Gasteiger partial charge in [-0.3, -0.25) is 4.79 Å². The molecular formula is C9H19NO2. The summed E-state index contributed by atoms with van der Waals surface area (Å²) in [5.41, 5.74) is 0. The minimum absolute atomic E-state index is 0.160. The molecule has 3 heteroatoms. The predicted octanol–water partition coefficient (Wildman–Crippen LogP) is 1.63. The summed E-state index contributed by atoms with van der Waals surface area (Å²) >= 11 is 0. The first-order chi connectivity index (χ1) is 5.70. The molecule has 2 N–H and O–H groups in total. The van der Waals surface area contributed by atoms with Crippen LogP contribution in [-0.2, 0) is 4.79 Å². The summed E-state index contributed by atoms with van der Waals surface area (Å²) in [6.07, 6.45) is 3.44. The molecule has 0 aromatic heterocycles. The zero-order chi connectivity index (χ0) is 9.40. The van der Waals surface area contributed by atoms with Gasteiger partial charge >= 0.3 is 5.97 Å².